The lowest BCUT2D eigenvalue weighted by atomic mass is 9.96. The number of hydrogen-bond acceptors (Lipinski definition) is 4. The van der Waals surface area contributed by atoms with Crippen LogP contribution in [-0.4, -0.2) is 29.3 Å². The van der Waals surface area contributed by atoms with E-state index in [0.717, 1.165) is 46.7 Å². The average molecular weight is 600 g/mol. The molecule has 0 spiro atoms. The van der Waals surface area contributed by atoms with Crippen LogP contribution in [0.1, 0.15) is 45.9 Å². The predicted octanol–water partition coefficient (Wildman–Crippen LogP) is 6.36. The van der Waals surface area contributed by atoms with Gasteiger partial charge >= 0.3 is 6.18 Å². The van der Waals surface area contributed by atoms with Gasteiger partial charge in [0.15, 0.2) is 5.11 Å². The van der Waals surface area contributed by atoms with E-state index in [1.807, 2.05) is 53.6 Å². The van der Waals surface area contributed by atoms with Crippen molar-refractivity contribution in [1.29, 1.82) is 0 Å². The molecule has 7 nitrogen and oxygen atoms in total. The van der Waals surface area contributed by atoms with Gasteiger partial charge in [0.05, 0.1) is 35.3 Å². The van der Waals surface area contributed by atoms with Crippen molar-refractivity contribution in [2.45, 2.75) is 39.0 Å². The minimum absolute atomic E-state index is 0.367. The number of benzene rings is 2. The number of hydrogen-bond donors (Lipinski definition) is 2. The standard InChI is InChI=1S/C29H28F3N5O2S2/c1-17-14-22(11-12-24(17)35-41(4,38)39)37-27(26(34-28(37)40)25-10-5-6-13-33-25)23-15-18(2)36(19(23)3)21-9-7-8-20(16-21)29(30,31)32/h5-16,26-27,35H,1-4H3,(H,34,40). The first-order valence-electron chi connectivity index (χ1n) is 12.7. The second-order valence-corrected chi connectivity index (χ2v) is 12.2. The predicted molar refractivity (Wildman–Crippen MR) is 158 cm³/mol. The zero-order valence-corrected chi connectivity index (χ0v) is 24.3. The molecule has 4 aromatic rings. The Kier molecular flexibility index (Phi) is 7.33. The summed E-state index contributed by atoms with van der Waals surface area (Å²) in [4.78, 5) is 6.52. The molecule has 0 saturated carbocycles. The van der Waals surface area contributed by atoms with Crippen LogP contribution in [-0.2, 0) is 16.2 Å². The van der Waals surface area contributed by atoms with Crippen molar-refractivity contribution < 1.29 is 21.6 Å². The van der Waals surface area contributed by atoms with E-state index in [4.69, 9.17) is 12.2 Å². The lowest BCUT2D eigenvalue weighted by Crippen LogP contribution is -2.29. The number of thiocarbonyl (C=S) groups is 1. The van der Waals surface area contributed by atoms with Crippen molar-refractivity contribution in [3.8, 4) is 5.69 Å². The van der Waals surface area contributed by atoms with Crippen molar-refractivity contribution in [3.05, 3.63) is 107 Å². The van der Waals surface area contributed by atoms with Crippen LogP contribution in [0.2, 0.25) is 0 Å². The van der Waals surface area contributed by atoms with Gasteiger partial charge in [-0.1, -0.05) is 12.1 Å². The van der Waals surface area contributed by atoms with E-state index >= 15 is 0 Å². The number of halogens is 3. The normalized spacial score (nSPS) is 17.5. The van der Waals surface area contributed by atoms with Crippen LogP contribution >= 0.6 is 12.2 Å². The van der Waals surface area contributed by atoms with Gasteiger partial charge in [0.25, 0.3) is 0 Å². The van der Waals surface area contributed by atoms with Crippen molar-refractivity contribution in [2.24, 2.45) is 0 Å². The Morgan fingerprint density at radius 3 is 2.37 bits per heavy atom. The fourth-order valence-corrected chi connectivity index (χ4v) is 6.34. The molecule has 0 amide bonds. The molecule has 1 saturated heterocycles. The van der Waals surface area contributed by atoms with Gasteiger partial charge in [0.1, 0.15) is 0 Å². The van der Waals surface area contributed by atoms with E-state index in [1.54, 1.807) is 31.3 Å². The number of pyridine rings is 1. The Morgan fingerprint density at radius 1 is 0.976 bits per heavy atom. The van der Waals surface area contributed by atoms with Gasteiger partial charge < -0.3 is 14.8 Å². The van der Waals surface area contributed by atoms with Crippen LogP contribution in [0.4, 0.5) is 24.5 Å². The first-order valence-corrected chi connectivity index (χ1v) is 15.0. The van der Waals surface area contributed by atoms with E-state index in [-0.39, 0.29) is 6.04 Å². The monoisotopic (exact) mass is 599 g/mol. The molecule has 2 aromatic heterocycles. The third kappa shape index (κ3) is 5.66. The van der Waals surface area contributed by atoms with Crippen LogP contribution in [0.15, 0.2) is 72.9 Å². The number of alkyl halides is 3. The first-order chi connectivity index (χ1) is 19.2. The molecule has 12 heteroatoms. The molecule has 2 aromatic carbocycles. The molecular weight excluding hydrogens is 571 g/mol. The number of aromatic nitrogens is 2. The minimum atomic E-state index is -4.47. The molecule has 1 aliphatic rings. The minimum Gasteiger partial charge on any atom is -0.351 e. The van der Waals surface area contributed by atoms with E-state index in [9.17, 15) is 21.6 Å². The summed E-state index contributed by atoms with van der Waals surface area (Å²) in [6.45, 7) is 5.53. The fourth-order valence-electron chi connectivity index (χ4n) is 5.37. The summed E-state index contributed by atoms with van der Waals surface area (Å²) in [6.07, 6.45) is -1.68. The molecule has 2 N–H and O–H groups in total. The Balaban J connectivity index is 1.65. The third-order valence-corrected chi connectivity index (χ3v) is 8.01. The summed E-state index contributed by atoms with van der Waals surface area (Å²) in [7, 11) is -3.47. The summed E-state index contributed by atoms with van der Waals surface area (Å²) < 4.78 is 68.6. The molecule has 41 heavy (non-hydrogen) atoms. The molecule has 1 aliphatic heterocycles. The van der Waals surface area contributed by atoms with Gasteiger partial charge in [0, 0.05) is 29.0 Å². The zero-order valence-electron chi connectivity index (χ0n) is 22.7. The number of rotatable bonds is 6. The van der Waals surface area contributed by atoms with Crippen molar-refractivity contribution in [1.82, 2.24) is 14.9 Å². The molecule has 0 aliphatic carbocycles. The molecule has 1 fully saturated rings. The highest BCUT2D eigenvalue weighted by Crippen LogP contribution is 2.44. The van der Waals surface area contributed by atoms with Crippen LogP contribution in [0.5, 0.6) is 0 Å². The van der Waals surface area contributed by atoms with E-state index in [0.29, 0.717) is 22.1 Å². The second-order valence-electron chi connectivity index (χ2n) is 10.1. The first kappa shape index (κ1) is 28.6. The maximum absolute atomic E-state index is 13.5. The van der Waals surface area contributed by atoms with Gasteiger partial charge in [-0.25, -0.2) is 8.42 Å². The van der Waals surface area contributed by atoms with Crippen LogP contribution < -0.4 is 14.9 Å². The summed E-state index contributed by atoms with van der Waals surface area (Å²) in [5.74, 6) is 0. The number of aryl methyl sites for hydroxylation is 2. The Labute approximate surface area is 242 Å². The average Bonchev–Trinajstić information content (AvgIpc) is 3.39. The Morgan fingerprint density at radius 2 is 1.73 bits per heavy atom. The van der Waals surface area contributed by atoms with Crippen molar-refractivity contribution in [2.75, 3.05) is 15.9 Å². The lowest BCUT2D eigenvalue weighted by Gasteiger charge is -2.29. The maximum Gasteiger partial charge on any atom is 0.416 e. The highest BCUT2D eigenvalue weighted by atomic mass is 32.2. The van der Waals surface area contributed by atoms with E-state index < -0.39 is 27.8 Å². The van der Waals surface area contributed by atoms with Gasteiger partial charge in [0.2, 0.25) is 10.0 Å². The van der Waals surface area contributed by atoms with Crippen LogP contribution in [0.25, 0.3) is 5.69 Å². The highest BCUT2D eigenvalue weighted by molar-refractivity contribution is 7.92. The van der Waals surface area contributed by atoms with Crippen molar-refractivity contribution >= 4 is 38.7 Å². The Bertz CT molecular complexity index is 1740. The molecule has 5 rings (SSSR count). The Hall–Kier alpha value is -3.90. The smallest absolute Gasteiger partial charge is 0.351 e. The second kappa shape index (κ2) is 10.5. The van der Waals surface area contributed by atoms with Crippen molar-refractivity contribution in [3.63, 3.8) is 0 Å². The number of nitrogens with zero attached hydrogens (tertiary/aromatic N) is 3. The third-order valence-electron chi connectivity index (χ3n) is 7.10. The van der Waals surface area contributed by atoms with Crippen LogP contribution in [0, 0.1) is 20.8 Å². The fraction of sp³-hybridized carbons (Fsp3) is 0.241. The molecular formula is C29H28F3N5O2S2. The SMILES string of the molecule is Cc1cc(N2C(=S)NC(c3ccccn3)C2c2cc(C)n(-c3cccc(C(F)(F)F)c3)c2C)ccc1NS(C)(=O)=O. The molecule has 2 unspecified atom stereocenters. The zero-order chi connectivity index (χ0) is 29.7. The molecule has 0 radical (unpaired) electrons. The quantitative estimate of drug-likeness (QED) is 0.251. The topological polar surface area (TPSA) is 79.3 Å². The van der Waals surface area contributed by atoms with Crippen LogP contribution in [0.3, 0.4) is 0 Å². The van der Waals surface area contributed by atoms with Gasteiger partial charge in [-0.05, 0) is 98.7 Å². The molecule has 2 atom stereocenters. The van der Waals surface area contributed by atoms with Gasteiger partial charge in [-0.15, -0.1) is 0 Å². The molecule has 214 valence electrons. The maximum atomic E-state index is 13.5. The number of sulfonamides is 1. The largest absolute Gasteiger partial charge is 0.416 e. The summed E-state index contributed by atoms with van der Waals surface area (Å²) in [5, 5.41) is 3.83. The van der Waals surface area contributed by atoms with E-state index in [1.165, 1.54) is 6.07 Å². The van der Waals surface area contributed by atoms with Gasteiger partial charge in [-0.2, -0.15) is 13.2 Å². The van der Waals surface area contributed by atoms with E-state index in [2.05, 4.69) is 15.0 Å². The lowest BCUT2D eigenvalue weighted by molar-refractivity contribution is -0.137. The summed E-state index contributed by atoms with van der Waals surface area (Å²) in [5.41, 5.74) is 4.69. The molecule has 3 heterocycles. The molecule has 0 bridgehead atoms. The van der Waals surface area contributed by atoms with Gasteiger partial charge in [-0.3, -0.25) is 9.71 Å². The highest BCUT2D eigenvalue weighted by Gasteiger charge is 2.42. The summed E-state index contributed by atoms with van der Waals surface area (Å²) in [6, 6.07) is 17.4. The summed E-state index contributed by atoms with van der Waals surface area (Å²) >= 11 is 5.82. The number of anilines is 2. The number of nitrogens with one attached hydrogen (secondary N) is 2.